The molecule has 1 amide bonds. The van der Waals surface area contributed by atoms with Crippen molar-refractivity contribution < 1.29 is 4.79 Å². The Morgan fingerprint density at radius 3 is 2.60 bits per heavy atom. The molecule has 1 aliphatic rings. The van der Waals surface area contributed by atoms with Gasteiger partial charge in [-0.1, -0.05) is 19.8 Å². The normalized spacial score (nSPS) is 27.1. The molecule has 0 aliphatic carbocycles. The summed E-state index contributed by atoms with van der Waals surface area (Å²) < 4.78 is 0. The molecule has 3 nitrogen and oxygen atoms in total. The first-order valence-corrected chi connectivity index (χ1v) is 5.64. The van der Waals surface area contributed by atoms with Crippen molar-refractivity contribution in [1.82, 2.24) is 4.90 Å². The van der Waals surface area contributed by atoms with E-state index < -0.39 is 0 Å². The highest BCUT2D eigenvalue weighted by Gasteiger charge is 2.41. The summed E-state index contributed by atoms with van der Waals surface area (Å²) in [5.74, 6) is -0.131. The molecule has 90 valence electrons. The van der Waals surface area contributed by atoms with Gasteiger partial charge in [-0.3, -0.25) is 9.69 Å². The van der Waals surface area contributed by atoms with Gasteiger partial charge in [-0.2, -0.15) is 0 Å². The third-order valence-electron chi connectivity index (χ3n) is 3.47. The minimum absolute atomic E-state index is 0. The largest absolute Gasteiger partial charge is 0.368 e. The van der Waals surface area contributed by atoms with Crippen LogP contribution in [0.5, 0.6) is 0 Å². The number of hydrogen-bond donors (Lipinski definition) is 1. The number of piperidine rings is 1. The first-order chi connectivity index (χ1) is 6.63. The van der Waals surface area contributed by atoms with Crippen molar-refractivity contribution in [2.75, 3.05) is 13.6 Å². The van der Waals surface area contributed by atoms with E-state index in [4.69, 9.17) is 5.73 Å². The van der Waals surface area contributed by atoms with Gasteiger partial charge in [0.05, 0.1) is 5.54 Å². The molecule has 0 bridgehead atoms. The molecule has 0 aromatic rings. The monoisotopic (exact) mass is 234 g/mol. The number of primary amides is 1. The van der Waals surface area contributed by atoms with Crippen molar-refractivity contribution in [1.29, 1.82) is 0 Å². The number of rotatable bonds is 4. The highest BCUT2D eigenvalue weighted by atomic mass is 35.5. The van der Waals surface area contributed by atoms with E-state index >= 15 is 0 Å². The first kappa shape index (κ1) is 14.7. The van der Waals surface area contributed by atoms with Crippen LogP contribution in [-0.4, -0.2) is 29.9 Å². The van der Waals surface area contributed by atoms with Crippen molar-refractivity contribution in [3.63, 3.8) is 0 Å². The van der Waals surface area contributed by atoms with Crippen LogP contribution in [0.2, 0.25) is 0 Å². The lowest BCUT2D eigenvalue weighted by Gasteiger charge is -2.43. The number of likely N-dealkylation sites (tertiary alicyclic amines) is 1. The summed E-state index contributed by atoms with van der Waals surface area (Å²) in [6.07, 6.45) is 6.42. The third-order valence-corrected chi connectivity index (χ3v) is 3.47. The molecule has 15 heavy (non-hydrogen) atoms. The smallest absolute Gasteiger partial charge is 0.237 e. The molecular formula is C11H23ClN2O. The van der Waals surface area contributed by atoms with Crippen molar-refractivity contribution in [3.8, 4) is 0 Å². The van der Waals surface area contributed by atoms with Crippen LogP contribution in [0.4, 0.5) is 0 Å². The molecule has 1 atom stereocenters. The van der Waals surface area contributed by atoms with Crippen molar-refractivity contribution in [3.05, 3.63) is 0 Å². The molecule has 0 saturated carbocycles. The Morgan fingerprint density at radius 2 is 2.13 bits per heavy atom. The molecule has 1 fully saturated rings. The summed E-state index contributed by atoms with van der Waals surface area (Å²) in [6, 6.07) is 0. The summed E-state index contributed by atoms with van der Waals surface area (Å²) in [6.45, 7) is 3.16. The van der Waals surface area contributed by atoms with Crippen LogP contribution in [0.3, 0.4) is 0 Å². The number of unbranched alkanes of at least 4 members (excludes halogenated alkanes) is 1. The highest BCUT2D eigenvalue weighted by Crippen LogP contribution is 2.31. The number of likely N-dealkylation sites (N-methyl/N-ethyl adjacent to an activating group) is 1. The number of halogens is 1. The van der Waals surface area contributed by atoms with E-state index in [1.54, 1.807) is 0 Å². The Labute approximate surface area is 98.8 Å². The van der Waals surface area contributed by atoms with Crippen LogP contribution in [0.15, 0.2) is 0 Å². The molecule has 2 N–H and O–H groups in total. The fourth-order valence-electron chi connectivity index (χ4n) is 2.39. The van der Waals surface area contributed by atoms with Crippen LogP contribution in [-0.2, 0) is 4.79 Å². The second-order valence-electron chi connectivity index (χ2n) is 4.38. The summed E-state index contributed by atoms with van der Waals surface area (Å²) in [4.78, 5) is 13.7. The van der Waals surface area contributed by atoms with Crippen LogP contribution >= 0.6 is 12.4 Å². The van der Waals surface area contributed by atoms with E-state index in [1.807, 2.05) is 7.05 Å². The quantitative estimate of drug-likeness (QED) is 0.808. The molecular weight excluding hydrogens is 212 g/mol. The van der Waals surface area contributed by atoms with Crippen LogP contribution in [0, 0.1) is 0 Å². The lowest BCUT2D eigenvalue weighted by Crippen LogP contribution is -2.58. The van der Waals surface area contributed by atoms with Gasteiger partial charge >= 0.3 is 0 Å². The second kappa shape index (κ2) is 6.33. The van der Waals surface area contributed by atoms with Crippen LogP contribution in [0.1, 0.15) is 45.4 Å². The fourth-order valence-corrected chi connectivity index (χ4v) is 2.39. The van der Waals surface area contributed by atoms with Gasteiger partial charge in [0, 0.05) is 0 Å². The van der Waals surface area contributed by atoms with Crippen molar-refractivity contribution in [2.45, 2.75) is 51.0 Å². The number of carbonyl (C=O) groups is 1. The lowest BCUT2D eigenvalue weighted by molar-refractivity contribution is -0.132. The van der Waals surface area contributed by atoms with Gasteiger partial charge < -0.3 is 5.73 Å². The standard InChI is InChI=1S/C11H22N2O.ClH/c1-3-4-7-11(10(12)14)8-5-6-9-13(11)2;/h3-9H2,1-2H3,(H2,12,14);1H. The Kier molecular flexibility index (Phi) is 6.22. The molecule has 1 rings (SSSR count). The molecule has 1 unspecified atom stereocenters. The van der Waals surface area contributed by atoms with Crippen LogP contribution < -0.4 is 5.73 Å². The zero-order chi connectivity index (χ0) is 10.6. The first-order valence-electron chi connectivity index (χ1n) is 5.64. The predicted octanol–water partition coefficient (Wildman–Crippen LogP) is 1.94. The molecule has 0 aromatic heterocycles. The molecule has 1 heterocycles. The van der Waals surface area contributed by atoms with E-state index in [9.17, 15) is 4.79 Å². The van der Waals surface area contributed by atoms with E-state index in [-0.39, 0.29) is 23.9 Å². The number of carbonyl (C=O) groups excluding carboxylic acids is 1. The van der Waals surface area contributed by atoms with Gasteiger partial charge in [-0.15, -0.1) is 12.4 Å². The van der Waals surface area contributed by atoms with Gasteiger partial charge in [-0.05, 0) is 39.3 Å². The molecule has 0 aromatic carbocycles. The van der Waals surface area contributed by atoms with Gasteiger partial charge in [-0.25, -0.2) is 0 Å². The molecule has 0 radical (unpaired) electrons. The van der Waals surface area contributed by atoms with E-state index in [0.29, 0.717) is 0 Å². The summed E-state index contributed by atoms with van der Waals surface area (Å²) in [7, 11) is 2.03. The zero-order valence-electron chi connectivity index (χ0n) is 9.79. The Morgan fingerprint density at radius 1 is 1.47 bits per heavy atom. The minimum Gasteiger partial charge on any atom is -0.368 e. The average molecular weight is 235 g/mol. The van der Waals surface area contributed by atoms with Crippen molar-refractivity contribution in [2.24, 2.45) is 5.73 Å². The number of hydrogen-bond acceptors (Lipinski definition) is 2. The Hall–Kier alpha value is -0.280. The molecule has 1 aliphatic heterocycles. The van der Waals surface area contributed by atoms with Gasteiger partial charge in [0.1, 0.15) is 0 Å². The van der Waals surface area contributed by atoms with Gasteiger partial charge in [0.15, 0.2) is 0 Å². The maximum absolute atomic E-state index is 11.6. The van der Waals surface area contributed by atoms with Gasteiger partial charge in [0.2, 0.25) is 5.91 Å². The maximum Gasteiger partial charge on any atom is 0.237 e. The van der Waals surface area contributed by atoms with E-state index in [2.05, 4.69) is 11.8 Å². The minimum atomic E-state index is -0.339. The lowest BCUT2D eigenvalue weighted by atomic mass is 9.82. The average Bonchev–Trinajstić information content (AvgIpc) is 2.16. The molecule has 1 saturated heterocycles. The number of amides is 1. The highest BCUT2D eigenvalue weighted by molar-refractivity contribution is 5.85. The SMILES string of the molecule is CCCCC1(C(N)=O)CCCCN1C.Cl. The Bertz CT molecular complexity index is 211. The number of nitrogens with two attached hydrogens (primary N) is 1. The van der Waals surface area contributed by atoms with Crippen molar-refractivity contribution >= 4 is 18.3 Å². The summed E-state index contributed by atoms with van der Waals surface area (Å²) >= 11 is 0. The van der Waals surface area contributed by atoms with Crippen LogP contribution in [0.25, 0.3) is 0 Å². The summed E-state index contributed by atoms with van der Waals surface area (Å²) in [5, 5.41) is 0. The zero-order valence-corrected chi connectivity index (χ0v) is 10.6. The van der Waals surface area contributed by atoms with E-state index in [0.717, 1.165) is 38.6 Å². The fraction of sp³-hybridized carbons (Fsp3) is 0.909. The second-order valence-corrected chi connectivity index (χ2v) is 4.38. The molecule has 4 heteroatoms. The van der Waals surface area contributed by atoms with Gasteiger partial charge in [0.25, 0.3) is 0 Å². The summed E-state index contributed by atoms with van der Waals surface area (Å²) in [5.41, 5.74) is 5.21. The topological polar surface area (TPSA) is 46.3 Å². The predicted molar refractivity (Wildman–Crippen MR) is 65.2 cm³/mol. The Balaban J connectivity index is 0.00000196. The maximum atomic E-state index is 11.6. The number of nitrogens with zero attached hydrogens (tertiary/aromatic N) is 1. The molecule has 0 spiro atoms. The van der Waals surface area contributed by atoms with E-state index in [1.165, 1.54) is 6.42 Å². The third kappa shape index (κ3) is 3.08.